The van der Waals surface area contributed by atoms with Crippen LogP contribution in [0.5, 0.6) is 0 Å². The molecule has 0 unspecified atom stereocenters. The number of carbonyl (C=O) groups excluding carboxylic acids is 1. The molecule has 0 spiro atoms. The summed E-state index contributed by atoms with van der Waals surface area (Å²) in [6, 6.07) is 14.0. The van der Waals surface area contributed by atoms with Crippen LogP contribution < -0.4 is 5.56 Å². The van der Waals surface area contributed by atoms with E-state index < -0.39 is 12.1 Å². The number of ether oxygens (including phenoxy) is 1. The van der Waals surface area contributed by atoms with E-state index in [4.69, 9.17) is 9.15 Å². The lowest BCUT2D eigenvalue weighted by Crippen LogP contribution is -2.16. The van der Waals surface area contributed by atoms with Crippen LogP contribution in [0.1, 0.15) is 29.4 Å². The van der Waals surface area contributed by atoms with E-state index >= 15 is 0 Å². The molecule has 2 aromatic carbocycles. The Bertz CT molecular complexity index is 1210. The zero-order valence-electron chi connectivity index (χ0n) is 14.7. The van der Waals surface area contributed by atoms with Gasteiger partial charge in [-0.25, -0.2) is 9.18 Å². The lowest BCUT2D eigenvalue weighted by atomic mass is 10.1. The van der Waals surface area contributed by atoms with Gasteiger partial charge in [0.15, 0.2) is 6.10 Å². The Morgan fingerprint density at radius 1 is 1.14 bits per heavy atom. The van der Waals surface area contributed by atoms with E-state index in [9.17, 15) is 14.0 Å². The van der Waals surface area contributed by atoms with Crippen molar-refractivity contribution in [1.29, 1.82) is 0 Å². The Labute approximate surface area is 157 Å². The van der Waals surface area contributed by atoms with E-state index in [1.807, 2.05) is 0 Å². The first kappa shape index (κ1) is 17.6. The summed E-state index contributed by atoms with van der Waals surface area (Å²) in [7, 11) is 0. The van der Waals surface area contributed by atoms with E-state index in [1.54, 1.807) is 37.3 Å². The number of pyridine rings is 1. The molecule has 0 saturated carbocycles. The van der Waals surface area contributed by atoms with E-state index in [0.29, 0.717) is 16.3 Å². The molecule has 1 N–H and O–H groups in total. The highest BCUT2D eigenvalue weighted by molar-refractivity contribution is 5.93. The summed E-state index contributed by atoms with van der Waals surface area (Å²) in [6.45, 7) is 1.57. The van der Waals surface area contributed by atoms with Crippen molar-refractivity contribution in [3.05, 3.63) is 82.4 Å². The minimum Gasteiger partial charge on any atom is -0.448 e. The number of hydrogen-bond acceptors (Lipinski definition) is 6. The molecule has 0 saturated heterocycles. The molecule has 0 radical (unpaired) electrons. The van der Waals surface area contributed by atoms with Gasteiger partial charge in [-0.15, -0.1) is 10.2 Å². The van der Waals surface area contributed by atoms with Crippen molar-refractivity contribution in [1.82, 2.24) is 15.2 Å². The van der Waals surface area contributed by atoms with Gasteiger partial charge in [-0.2, -0.15) is 0 Å². The van der Waals surface area contributed by atoms with Gasteiger partial charge < -0.3 is 14.1 Å². The maximum atomic E-state index is 13.0. The maximum Gasteiger partial charge on any atom is 0.355 e. The number of aromatic amines is 1. The van der Waals surface area contributed by atoms with Crippen LogP contribution in [0.25, 0.3) is 22.2 Å². The number of hydrogen-bond donors (Lipinski definition) is 1. The van der Waals surface area contributed by atoms with Crippen molar-refractivity contribution < 1.29 is 18.3 Å². The quantitative estimate of drug-likeness (QED) is 0.544. The Balaban J connectivity index is 1.54. The molecule has 2 aromatic heterocycles. The molecule has 1 atom stereocenters. The zero-order valence-corrected chi connectivity index (χ0v) is 14.7. The molecular weight excluding hydrogens is 365 g/mol. The maximum absolute atomic E-state index is 13.0. The normalized spacial score (nSPS) is 12.1. The van der Waals surface area contributed by atoms with Crippen molar-refractivity contribution in [2.24, 2.45) is 0 Å². The van der Waals surface area contributed by atoms with Gasteiger partial charge in [-0.3, -0.25) is 4.79 Å². The molecule has 140 valence electrons. The summed E-state index contributed by atoms with van der Waals surface area (Å²) in [5, 5.41) is 8.86. The number of nitrogens with one attached hydrogen (secondary N) is 1. The van der Waals surface area contributed by atoms with Gasteiger partial charge in [-0.05, 0) is 48.7 Å². The minimum atomic E-state index is -0.843. The lowest BCUT2D eigenvalue weighted by Gasteiger charge is -2.09. The first-order valence-corrected chi connectivity index (χ1v) is 8.43. The number of fused-ring (bicyclic) bond motifs is 1. The standard InChI is InChI=1S/C20H14FN3O4/c1-11(18-23-24-19(28-18)12-6-8-14(21)9-7-12)27-20(26)16-10-13-4-2-3-5-15(13)17(25)22-16/h2-11H,1H3,(H,22,25)/t11-/m1/s1. The average molecular weight is 379 g/mol. The average Bonchev–Trinajstić information content (AvgIpc) is 3.19. The van der Waals surface area contributed by atoms with Crippen molar-refractivity contribution in [2.75, 3.05) is 0 Å². The number of aromatic nitrogens is 3. The van der Waals surface area contributed by atoms with Gasteiger partial charge in [0, 0.05) is 10.9 Å². The highest BCUT2D eigenvalue weighted by atomic mass is 19.1. The minimum absolute atomic E-state index is 0.0221. The van der Waals surface area contributed by atoms with Gasteiger partial charge >= 0.3 is 5.97 Å². The molecule has 0 aliphatic carbocycles. The molecule has 7 nitrogen and oxygen atoms in total. The van der Waals surface area contributed by atoms with Crippen LogP contribution in [0.3, 0.4) is 0 Å². The molecule has 4 rings (SSSR count). The number of nitrogens with zero attached hydrogens (tertiary/aromatic N) is 2. The molecule has 0 bridgehead atoms. The topological polar surface area (TPSA) is 98.1 Å². The smallest absolute Gasteiger partial charge is 0.355 e. The first-order valence-electron chi connectivity index (χ1n) is 8.43. The molecule has 0 amide bonds. The van der Waals surface area contributed by atoms with Crippen LogP contribution in [0.2, 0.25) is 0 Å². The molecule has 8 heteroatoms. The predicted octanol–water partition coefficient (Wildman–Crippen LogP) is 3.64. The second-order valence-electron chi connectivity index (χ2n) is 6.10. The number of rotatable bonds is 4. The van der Waals surface area contributed by atoms with E-state index in [1.165, 1.54) is 24.3 Å². The Morgan fingerprint density at radius 2 is 1.89 bits per heavy atom. The largest absolute Gasteiger partial charge is 0.448 e. The number of H-pyrrole nitrogens is 1. The zero-order chi connectivity index (χ0) is 19.7. The highest BCUT2D eigenvalue weighted by Gasteiger charge is 2.21. The fourth-order valence-corrected chi connectivity index (χ4v) is 2.70. The van der Waals surface area contributed by atoms with Crippen molar-refractivity contribution in [2.45, 2.75) is 13.0 Å². The van der Waals surface area contributed by atoms with Crippen LogP contribution in [0.4, 0.5) is 4.39 Å². The molecule has 28 heavy (non-hydrogen) atoms. The summed E-state index contributed by atoms with van der Waals surface area (Å²) >= 11 is 0. The van der Waals surface area contributed by atoms with Crippen LogP contribution >= 0.6 is 0 Å². The van der Waals surface area contributed by atoms with Gasteiger partial charge in [0.2, 0.25) is 5.89 Å². The van der Waals surface area contributed by atoms with Crippen LogP contribution in [-0.4, -0.2) is 21.2 Å². The number of esters is 1. The van der Waals surface area contributed by atoms with Gasteiger partial charge in [0.05, 0.1) is 0 Å². The van der Waals surface area contributed by atoms with Crippen LogP contribution in [-0.2, 0) is 4.74 Å². The number of carbonyl (C=O) groups is 1. The van der Waals surface area contributed by atoms with Crippen molar-refractivity contribution >= 4 is 16.7 Å². The second-order valence-corrected chi connectivity index (χ2v) is 6.10. The van der Waals surface area contributed by atoms with Crippen molar-refractivity contribution in [3.63, 3.8) is 0 Å². The highest BCUT2D eigenvalue weighted by Crippen LogP contribution is 2.23. The van der Waals surface area contributed by atoms with Crippen LogP contribution in [0.15, 0.2) is 63.8 Å². The second kappa shape index (κ2) is 7.07. The predicted molar refractivity (Wildman–Crippen MR) is 98.1 cm³/mol. The molecule has 0 aliphatic rings. The van der Waals surface area contributed by atoms with Gasteiger partial charge in [0.1, 0.15) is 11.5 Å². The molecule has 0 aliphatic heterocycles. The van der Waals surface area contributed by atoms with Gasteiger partial charge in [-0.1, -0.05) is 18.2 Å². The monoisotopic (exact) mass is 379 g/mol. The summed E-state index contributed by atoms with van der Waals surface area (Å²) in [6.07, 6.45) is -0.843. The number of halogens is 1. The van der Waals surface area contributed by atoms with Gasteiger partial charge in [0.25, 0.3) is 11.4 Å². The molecule has 0 fully saturated rings. The Hall–Kier alpha value is -3.81. The fourth-order valence-electron chi connectivity index (χ4n) is 2.70. The summed E-state index contributed by atoms with van der Waals surface area (Å²) in [5.74, 6) is -0.847. The molecular formula is C20H14FN3O4. The SMILES string of the molecule is C[C@@H](OC(=O)c1cc2ccccc2c(=O)[nH]1)c1nnc(-c2ccc(F)cc2)o1. The van der Waals surface area contributed by atoms with E-state index in [2.05, 4.69) is 15.2 Å². The third kappa shape index (κ3) is 3.39. The summed E-state index contributed by atoms with van der Waals surface area (Å²) in [4.78, 5) is 27.0. The molecule has 4 aromatic rings. The lowest BCUT2D eigenvalue weighted by molar-refractivity contribution is 0.0273. The summed E-state index contributed by atoms with van der Waals surface area (Å²) < 4.78 is 23.9. The fraction of sp³-hybridized carbons (Fsp3) is 0.100. The third-order valence-corrected chi connectivity index (χ3v) is 4.14. The Kier molecular flexibility index (Phi) is 4.44. The third-order valence-electron chi connectivity index (χ3n) is 4.14. The summed E-state index contributed by atoms with van der Waals surface area (Å²) in [5.41, 5.74) is 0.181. The first-order chi connectivity index (χ1) is 13.5. The Morgan fingerprint density at radius 3 is 2.68 bits per heavy atom. The number of benzene rings is 2. The van der Waals surface area contributed by atoms with E-state index in [-0.39, 0.29) is 28.9 Å². The van der Waals surface area contributed by atoms with Crippen LogP contribution in [0, 0.1) is 5.82 Å². The molecule has 2 heterocycles. The van der Waals surface area contributed by atoms with Crippen molar-refractivity contribution in [3.8, 4) is 11.5 Å². The van der Waals surface area contributed by atoms with E-state index in [0.717, 1.165) is 0 Å².